The number of methoxy groups -OCH3 is 1. The van der Waals surface area contributed by atoms with Gasteiger partial charge in [-0.1, -0.05) is 6.92 Å². The van der Waals surface area contributed by atoms with E-state index < -0.39 is 15.9 Å². The topological polar surface area (TPSA) is 94.6 Å². The molecule has 0 atom stereocenters. The molecule has 0 unspecified atom stereocenters. The number of amides is 1. The molecule has 7 nitrogen and oxygen atoms in total. The summed E-state index contributed by atoms with van der Waals surface area (Å²) in [5.74, 6) is -0.643. The molecule has 8 heteroatoms. The van der Waals surface area contributed by atoms with Gasteiger partial charge in [-0.3, -0.25) is 4.79 Å². The Balaban J connectivity index is 2.19. The second-order valence-corrected chi connectivity index (χ2v) is 8.12. The molecule has 2 rings (SSSR count). The van der Waals surface area contributed by atoms with Crippen LogP contribution >= 0.6 is 0 Å². The Bertz CT molecular complexity index is 658. The molecule has 1 aromatic rings. The van der Waals surface area contributed by atoms with Crippen molar-refractivity contribution < 1.29 is 17.9 Å². The van der Waals surface area contributed by atoms with E-state index in [0.717, 1.165) is 12.8 Å². The molecule has 0 spiro atoms. The van der Waals surface area contributed by atoms with Crippen LogP contribution in [0.25, 0.3) is 0 Å². The minimum Gasteiger partial charge on any atom is -0.384 e. The van der Waals surface area contributed by atoms with Gasteiger partial charge in [-0.05, 0) is 24.3 Å². The van der Waals surface area contributed by atoms with Gasteiger partial charge in [0.05, 0.1) is 6.61 Å². The normalized spacial score (nSPS) is 19.2. The number of hydrogen-bond donors (Lipinski definition) is 1. The van der Waals surface area contributed by atoms with E-state index in [0.29, 0.717) is 19.7 Å². The minimum atomic E-state index is -3.60. The first-order valence-electron chi connectivity index (χ1n) is 7.15. The highest BCUT2D eigenvalue weighted by molar-refractivity contribution is 7.89. The van der Waals surface area contributed by atoms with E-state index in [9.17, 15) is 13.2 Å². The number of nitrogens with two attached hydrogens (primary N) is 1. The quantitative estimate of drug-likeness (QED) is 0.854. The van der Waals surface area contributed by atoms with Crippen molar-refractivity contribution in [2.24, 2.45) is 18.2 Å². The lowest BCUT2D eigenvalue weighted by Gasteiger charge is -2.38. The van der Waals surface area contributed by atoms with Crippen molar-refractivity contribution in [1.29, 1.82) is 0 Å². The lowest BCUT2D eigenvalue weighted by molar-refractivity contribution is 0.0531. The summed E-state index contributed by atoms with van der Waals surface area (Å²) in [6.07, 6.45) is 2.92. The highest BCUT2D eigenvalue weighted by Crippen LogP contribution is 2.33. The summed E-state index contributed by atoms with van der Waals surface area (Å²) >= 11 is 0. The van der Waals surface area contributed by atoms with Crippen LogP contribution in [0.2, 0.25) is 0 Å². The molecular weight excluding hydrogens is 306 g/mol. The van der Waals surface area contributed by atoms with E-state index in [-0.39, 0.29) is 16.0 Å². The van der Waals surface area contributed by atoms with Crippen molar-refractivity contribution in [2.75, 3.05) is 26.8 Å². The van der Waals surface area contributed by atoms with Gasteiger partial charge in [-0.25, -0.2) is 8.42 Å². The lowest BCUT2D eigenvalue weighted by Crippen LogP contribution is -2.43. The summed E-state index contributed by atoms with van der Waals surface area (Å²) in [7, 11) is -0.340. The van der Waals surface area contributed by atoms with Gasteiger partial charge in [-0.15, -0.1) is 0 Å². The fourth-order valence-corrected chi connectivity index (χ4v) is 4.34. The molecule has 1 amide bonds. The van der Waals surface area contributed by atoms with Crippen LogP contribution in [0, 0.1) is 5.41 Å². The Morgan fingerprint density at radius 1 is 1.41 bits per heavy atom. The number of carbonyl (C=O) groups is 1. The summed E-state index contributed by atoms with van der Waals surface area (Å²) in [5.41, 5.74) is 5.43. The first kappa shape index (κ1) is 17.0. The van der Waals surface area contributed by atoms with E-state index >= 15 is 0 Å². The lowest BCUT2D eigenvalue weighted by atomic mass is 9.82. The molecule has 2 N–H and O–H groups in total. The number of sulfonamides is 1. The first-order valence-corrected chi connectivity index (χ1v) is 8.59. The van der Waals surface area contributed by atoms with Crippen molar-refractivity contribution in [3.63, 3.8) is 0 Å². The maximum Gasteiger partial charge on any atom is 0.265 e. The third-order valence-electron chi connectivity index (χ3n) is 4.29. The van der Waals surface area contributed by atoms with Crippen molar-refractivity contribution in [3.8, 4) is 0 Å². The average molecular weight is 329 g/mol. The summed E-state index contributed by atoms with van der Waals surface area (Å²) in [6, 6.07) is 1.33. The molecule has 2 heterocycles. The SMILES string of the molecule is COCC1(C)CCN(S(=O)(=O)c2cc(C(N)=O)n(C)c2)CC1. The highest BCUT2D eigenvalue weighted by atomic mass is 32.2. The van der Waals surface area contributed by atoms with Crippen LogP contribution in [0.15, 0.2) is 17.2 Å². The molecule has 1 saturated heterocycles. The number of rotatable bonds is 5. The van der Waals surface area contributed by atoms with Crippen LogP contribution in [-0.2, 0) is 21.8 Å². The second-order valence-electron chi connectivity index (χ2n) is 6.18. The average Bonchev–Trinajstić information content (AvgIpc) is 2.82. The Morgan fingerprint density at radius 2 is 2.00 bits per heavy atom. The van der Waals surface area contributed by atoms with Crippen LogP contribution in [0.1, 0.15) is 30.3 Å². The van der Waals surface area contributed by atoms with Crippen LogP contribution in [0.3, 0.4) is 0 Å². The minimum absolute atomic E-state index is 0.00976. The van der Waals surface area contributed by atoms with Crippen molar-refractivity contribution in [1.82, 2.24) is 8.87 Å². The number of nitrogens with zero attached hydrogens (tertiary/aromatic N) is 2. The Hall–Kier alpha value is -1.38. The van der Waals surface area contributed by atoms with Gasteiger partial charge in [0.25, 0.3) is 5.91 Å². The van der Waals surface area contributed by atoms with Crippen molar-refractivity contribution in [3.05, 3.63) is 18.0 Å². The standard InChI is InChI=1S/C14H23N3O4S/c1-14(10-21-3)4-6-17(7-5-14)22(19,20)11-8-12(13(15)18)16(2)9-11/h8-9H,4-7,10H2,1-3H3,(H2,15,18). The molecule has 0 bridgehead atoms. The van der Waals surface area contributed by atoms with E-state index in [1.165, 1.54) is 21.1 Å². The third-order valence-corrected chi connectivity index (χ3v) is 6.16. The molecule has 124 valence electrons. The van der Waals surface area contributed by atoms with Crippen molar-refractivity contribution in [2.45, 2.75) is 24.7 Å². The molecule has 0 aromatic carbocycles. The fraction of sp³-hybridized carbons (Fsp3) is 0.643. The van der Waals surface area contributed by atoms with Gasteiger partial charge in [0.15, 0.2) is 0 Å². The molecule has 0 aliphatic carbocycles. The molecule has 22 heavy (non-hydrogen) atoms. The maximum absolute atomic E-state index is 12.7. The predicted molar refractivity (Wildman–Crippen MR) is 81.9 cm³/mol. The van der Waals surface area contributed by atoms with Gasteiger partial charge >= 0.3 is 0 Å². The van der Waals surface area contributed by atoms with Crippen LogP contribution in [0.4, 0.5) is 0 Å². The molecule has 1 fully saturated rings. The van der Waals surface area contributed by atoms with Crippen LogP contribution < -0.4 is 5.73 Å². The van der Waals surface area contributed by atoms with E-state index in [1.807, 2.05) is 0 Å². The molecule has 1 aliphatic heterocycles. The zero-order valence-corrected chi connectivity index (χ0v) is 14.0. The molecule has 1 aliphatic rings. The summed E-state index contributed by atoms with van der Waals surface area (Å²) < 4.78 is 33.5. The smallest absolute Gasteiger partial charge is 0.265 e. The van der Waals surface area contributed by atoms with Gasteiger partial charge in [0, 0.05) is 33.4 Å². The number of aryl methyl sites for hydroxylation is 1. The molecule has 0 saturated carbocycles. The second kappa shape index (κ2) is 6.02. The Morgan fingerprint density at radius 3 is 2.45 bits per heavy atom. The van der Waals surface area contributed by atoms with Crippen molar-refractivity contribution >= 4 is 15.9 Å². The molecule has 0 radical (unpaired) electrons. The van der Waals surface area contributed by atoms with E-state index in [1.54, 1.807) is 14.2 Å². The summed E-state index contributed by atoms with van der Waals surface area (Å²) in [6.45, 7) is 3.62. The molecule has 1 aromatic heterocycles. The Kier molecular flexibility index (Phi) is 4.65. The third kappa shape index (κ3) is 3.18. The van der Waals surface area contributed by atoms with Gasteiger partial charge in [0.2, 0.25) is 10.0 Å². The number of hydrogen-bond acceptors (Lipinski definition) is 4. The van der Waals surface area contributed by atoms with E-state index in [4.69, 9.17) is 10.5 Å². The van der Waals surface area contributed by atoms with Crippen LogP contribution in [0.5, 0.6) is 0 Å². The Labute approximate surface area is 131 Å². The summed E-state index contributed by atoms with van der Waals surface area (Å²) in [5, 5.41) is 0. The number of ether oxygens (including phenoxy) is 1. The first-order chi connectivity index (χ1) is 10.2. The van der Waals surface area contributed by atoms with Gasteiger partial charge in [-0.2, -0.15) is 4.31 Å². The fourth-order valence-electron chi connectivity index (χ4n) is 2.83. The predicted octanol–water partition coefficient (Wildman–Crippen LogP) is 0.561. The number of carbonyl (C=O) groups excluding carboxylic acids is 1. The largest absolute Gasteiger partial charge is 0.384 e. The van der Waals surface area contributed by atoms with Gasteiger partial charge in [0.1, 0.15) is 10.6 Å². The summed E-state index contributed by atoms with van der Waals surface area (Å²) in [4.78, 5) is 11.4. The maximum atomic E-state index is 12.7. The van der Waals surface area contributed by atoms with Gasteiger partial charge < -0.3 is 15.0 Å². The highest BCUT2D eigenvalue weighted by Gasteiger charge is 2.36. The zero-order valence-electron chi connectivity index (χ0n) is 13.2. The van der Waals surface area contributed by atoms with Crippen LogP contribution in [-0.4, -0.2) is 50.0 Å². The number of primary amides is 1. The molecular formula is C14H23N3O4S. The zero-order chi connectivity index (χ0) is 16.5. The van der Waals surface area contributed by atoms with E-state index in [2.05, 4.69) is 6.92 Å². The number of aromatic nitrogens is 1. The monoisotopic (exact) mass is 329 g/mol. The number of piperidine rings is 1.